The summed E-state index contributed by atoms with van der Waals surface area (Å²) in [6.45, 7) is 4.22. The number of ether oxygens (including phenoxy) is 1. The summed E-state index contributed by atoms with van der Waals surface area (Å²) in [6, 6.07) is 0. The third-order valence-electron chi connectivity index (χ3n) is 7.25. The quantitative estimate of drug-likeness (QED) is 0.108. The number of unbranched alkanes of at least 4 members (excludes halogenated alkanes) is 14. The lowest BCUT2D eigenvalue weighted by atomic mass is 9.83. The van der Waals surface area contributed by atoms with Crippen LogP contribution < -0.4 is 5.73 Å². The number of aliphatic carboxylic acids is 1. The van der Waals surface area contributed by atoms with Crippen LogP contribution in [-0.2, 0) is 19.1 Å². The molecule has 0 spiro atoms. The van der Waals surface area contributed by atoms with Crippen molar-refractivity contribution >= 4 is 29.6 Å². The first-order chi connectivity index (χ1) is 16.9. The van der Waals surface area contributed by atoms with Crippen LogP contribution in [0.1, 0.15) is 129 Å². The van der Waals surface area contributed by atoms with Gasteiger partial charge in [0.05, 0.1) is 11.7 Å². The number of thioether (sulfide) groups is 1. The van der Waals surface area contributed by atoms with Crippen molar-refractivity contribution in [2.45, 2.75) is 141 Å². The molecule has 0 aromatic heterocycles. The molecule has 1 aliphatic heterocycles. The van der Waals surface area contributed by atoms with Crippen LogP contribution in [0.2, 0.25) is 0 Å². The lowest BCUT2D eigenvalue weighted by Gasteiger charge is -2.38. The maximum Gasteiger partial charge on any atom is 0.316 e. The van der Waals surface area contributed by atoms with Gasteiger partial charge >= 0.3 is 11.9 Å². The van der Waals surface area contributed by atoms with Gasteiger partial charge < -0.3 is 15.6 Å². The number of carboxylic acid groups (broad SMARTS) is 1. The molecule has 35 heavy (non-hydrogen) atoms. The number of rotatable bonds is 24. The fourth-order valence-electron chi connectivity index (χ4n) is 5.09. The molecule has 1 rings (SSSR count). The van der Waals surface area contributed by atoms with Gasteiger partial charge in [-0.25, -0.2) is 0 Å². The molecule has 1 aliphatic rings. The first-order valence-corrected chi connectivity index (χ1v) is 15.3. The molecule has 204 valence electrons. The Morgan fingerprint density at radius 1 is 0.886 bits per heavy atom. The average Bonchev–Trinajstić information content (AvgIpc) is 2.80. The minimum Gasteiger partial charge on any atom is -0.480 e. The molecule has 1 saturated heterocycles. The number of amides is 1. The van der Waals surface area contributed by atoms with E-state index in [1.54, 1.807) is 0 Å². The summed E-state index contributed by atoms with van der Waals surface area (Å²) in [6.07, 6.45) is 21.2. The Morgan fingerprint density at radius 3 is 1.77 bits per heavy atom. The number of carboxylic acids is 1. The van der Waals surface area contributed by atoms with Gasteiger partial charge in [-0.3, -0.25) is 14.4 Å². The highest BCUT2D eigenvalue weighted by Crippen LogP contribution is 2.36. The van der Waals surface area contributed by atoms with Crippen molar-refractivity contribution in [1.29, 1.82) is 0 Å². The maximum atomic E-state index is 11.9. The van der Waals surface area contributed by atoms with Crippen molar-refractivity contribution in [2.75, 3.05) is 5.75 Å². The molecule has 0 saturated carbocycles. The fraction of sp³-hybridized carbons (Fsp3) is 0.893. The summed E-state index contributed by atoms with van der Waals surface area (Å²) in [5, 5.41) is 9.08. The number of carbonyl (C=O) groups excluding carboxylic acids is 2. The molecular formula is C28H51NO5S. The summed E-state index contributed by atoms with van der Waals surface area (Å²) in [4.78, 5) is 34.8. The lowest BCUT2D eigenvalue weighted by Crippen LogP contribution is -2.47. The number of cyclic esters (lactones) is 1. The monoisotopic (exact) mass is 513 g/mol. The third kappa shape index (κ3) is 14.2. The van der Waals surface area contributed by atoms with Gasteiger partial charge in [0.1, 0.15) is 11.4 Å². The Labute approximate surface area is 217 Å². The fourth-order valence-corrected chi connectivity index (χ4v) is 6.10. The van der Waals surface area contributed by atoms with E-state index in [-0.39, 0.29) is 29.7 Å². The molecule has 0 radical (unpaired) electrons. The van der Waals surface area contributed by atoms with Crippen molar-refractivity contribution in [3.05, 3.63) is 0 Å². The second kappa shape index (κ2) is 19.9. The number of carbonyl (C=O) groups is 3. The number of primary amides is 1. The van der Waals surface area contributed by atoms with Gasteiger partial charge in [0.25, 0.3) is 0 Å². The first kappa shape index (κ1) is 31.8. The highest BCUT2D eigenvalue weighted by atomic mass is 32.2. The molecule has 0 aromatic carbocycles. The molecule has 1 heterocycles. The topological polar surface area (TPSA) is 107 Å². The molecule has 0 aromatic rings. The van der Waals surface area contributed by atoms with Crippen LogP contribution in [-0.4, -0.2) is 40.1 Å². The van der Waals surface area contributed by atoms with E-state index < -0.39 is 17.1 Å². The Morgan fingerprint density at radius 2 is 1.37 bits per heavy atom. The molecular weight excluding hydrogens is 462 g/mol. The predicted molar refractivity (Wildman–Crippen MR) is 144 cm³/mol. The van der Waals surface area contributed by atoms with Crippen LogP contribution in [0.25, 0.3) is 0 Å². The Balaban J connectivity index is 2.24. The van der Waals surface area contributed by atoms with Crippen molar-refractivity contribution in [3.8, 4) is 0 Å². The smallest absolute Gasteiger partial charge is 0.316 e. The van der Waals surface area contributed by atoms with Crippen LogP contribution in [0.3, 0.4) is 0 Å². The zero-order valence-corrected chi connectivity index (χ0v) is 23.1. The van der Waals surface area contributed by atoms with E-state index in [2.05, 4.69) is 6.92 Å². The van der Waals surface area contributed by atoms with Crippen molar-refractivity contribution in [2.24, 2.45) is 17.6 Å². The number of esters is 1. The molecule has 0 aliphatic carbocycles. The van der Waals surface area contributed by atoms with Gasteiger partial charge in [-0.1, -0.05) is 110 Å². The normalized spacial score (nSPS) is 19.1. The van der Waals surface area contributed by atoms with Crippen molar-refractivity contribution < 1.29 is 24.2 Å². The molecule has 1 amide bonds. The Kier molecular flexibility index (Phi) is 18.1. The summed E-state index contributed by atoms with van der Waals surface area (Å²) in [5.74, 6) is -1.87. The largest absolute Gasteiger partial charge is 0.480 e. The van der Waals surface area contributed by atoms with Gasteiger partial charge in [-0.2, -0.15) is 0 Å². The van der Waals surface area contributed by atoms with Gasteiger partial charge in [-0.05, 0) is 25.2 Å². The highest BCUT2D eigenvalue weighted by Gasteiger charge is 2.43. The SMILES string of the molecule is CCCCCCCCCCCCCCCCCC(C[C@@H]1OC(=O)[C@H]1CC)[C@H](SCC(N)=O)C(=O)O. The Bertz CT molecular complexity index is 600. The van der Waals surface area contributed by atoms with Crippen LogP contribution in [0.5, 0.6) is 0 Å². The van der Waals surface area contributed by atoms with Gasteiger partial charge in [-0.15, -0.1) is 11.8 Å². The van der Waals surface area contributed by atoms with Crippen LogP contribution in [0.4, 0.5) is 0 Å². The lowest BCUT2D eigenvalue weighted by molar-refractivity contribution is -0.186. The second-order valence-corrected chi connectivity index (χ2v) is 11.4. The molecule has 6 nitrogen and oxygen atoms in total. The summed E-state index contributed by atoms with van der Waals surface area (Å²) < 4.78 is 5.32. The zero-order valence-electron chi connectivity index (χ0n) is 22.3. The molecule has 1 unspecified atom stereocenters. The van der Waals surface area contributed by atoms with Crippen LogP contribution in [0, 0.1) is 11.8 Å². The summed E-state index contributed by atoms with van der Waals surface area (Å²) >= 11 is 1.10. The van der Waals surface area contributed by atoms with Gasteiger partial charge in [0.15, 0.2) is 0 Å². The summed E-state index contributed by atoms with van der Waals surface area (Å²) in [7, 11) is 0. The average molecular weight is 514 g/mol. The van der Waals surface area contributed by atoms with Crippen molar-refractivity contribution in [1.82, 2.24) is 0 Å². The number of hydrogen-bond acceptors (Lipinski definition) is 5. The molecule has 7 heteroatoms. The molecule has 4 atom stereocenters. The van der Waals surface area contributed by atoms with E-state index in [0.717, 1.165) is 31.0 Å². The Hall–Kier alpha value is -1.24. The number of nitrogens with two attached hydrogens (primary N) is 1. The number of hydrogen-bond donors (Lipinski definition) is 2. The minimum absolute atomic E-state index is 0.00597. The molecule has 0 bridgehead atoms. The molecule has 3 N–H and O–H groups in total. The molecule has 1 fully saturated rings. The summed E-state index contributed by atoms with van der Waals surface area (Å²) in [5.41, 5.74) is 5.26. The van der Waals surface area contributed by atoms with E-state index in [9.17, 15) is 19.5 Å². The van der Waals surface area contributed by atoms with E-state index in [4.69, 9.17) is 10.5 Å². The van der Waals surface area contributed by atoms with Gasteiger partial charge in [0.2, 0.25) is 5.91 Å². The zero-order chi connectivity index (χ0) is 25.9. The maximum absolute atomic E-state index is 11.9. The van der Waals surface area contributed by atoms with Gasteiger partial charge in [0, 0.05) is 0 Å². The van der Waals surface area contributed by atoms with E-state index in [1.165, 1.54) is 83.5 Å². The van der Waals surface area contributed by atoms with E-state index >= 15 is 0 Å². The highest BCUT2D eigenvalue weighted by molar-refractivity contribution is 8.01. The van der Waals surface area contributed by atoms with Crippen molar-refractivity contribution in [3.63, 3.8) is 0 Å². The minimum atomic E-state index is -0.916. The van der Waals surface area contributed by atoms with E-state index in [1.807, 2.05) is 6.92 Å². The van der Waals surface area contributed by atoms with Crippen LogP contribution >= 0.6 is 11.8 Å². The van der Waals surface area contributed by atoms with E-state index in [0.29, 0.717) is 12.8 Å². The first-order valence-electron chi connectivity index (χ1n) is 14.2. The second-order valence-electron chi connectivity index (χ2n) is 10.3. The standard InChI is InChI=1S/C28H51NO5S/c1-3-5-6-7-8-9-10-11-12-13-14-15-16-17-18-19-22(20-24-23(4-2)28(33)34-24)26(27(31)32)35-21-25(29)30/h22-24,26H,3-21H2,1-2H3,(H2,29,30)(H,31,32)/t22?,23-,24-,26-/m0/s1. The predicted octanol–water partition coefficient (Wildman–Crippen LogP) is 6.88. The van der Waals surface area contributed by atoms with Crippen LogP contribution in [0.15, 0.2) is 0 Å². The third-order valence-corrected chi connectivity index (χ3v) is 8.65.